The van der Waals surface area contributed by atoms with Gasteiger partial charge in [-0.15, -0.1) is 0 Å². The first-order chi connectivity index (χ1) is 11.7. The quantitative estimate of drug-likeness (QED) is 0.723. The van der Waals surface area contributed by atoms with Crippen LogP contribution in [0, 0.1) is 0 Å². The molecular weight excluding hydrogens is 296 g/mol. The van der Waals surface area contributed by atoms with Crippen molar-refractivity contribution >= 4 is 10.9 Å². The molecule has 1 heterocycles. The molecule has 0 bridgehead atoms. The van der Waals surface area contributed by atoms with Gasteiger partial charge in [0.15, 0.2) is 0 Å². The van der Waals surface area contributed by atoms with Crippen molar-refractivity contribution in [2.75, 3.05) is 6.54 Å². The first-order valence-electron chi connectivity index (χ1n) is 8.65. The average Bonchev–Trinajstić information content (AvgIpc) is 2.62. The Kier molecular flexibility index (Phi) is 4.05. The number of pyridine rings is 1. The van der Waals surface area contributed by atoms with Crippen molar-refractivity contribution in [3.63, 3.8) is 0 Å². The van der Waals surface area contributed by atoms with Crippen LogP contribution in [0.1, 0.15) is 29.7 Å². The highest BCUT2D eigenvalue weighted by atomic mass is 16.3. The van der Waals surface area contributed by atoms with E-state index in [-0.39, 0.29) is 0 Å². The number of benzene rings is 2. The smallest absolute Gasteiger partial charge is 0.143 e. The molecule has 0 spiro atoms. The predicted octanol–water partition coefficient (Wildman–Crippen LogP) is 3.55. The lowest BCUT2D eigenvalue weighted by Gasteiger charge is -2.35. The summed E-state index contributed by atoms with van der Waals surface area (Å²) in [4.78, 5) is 4.78. The van der Waals surface area contributed by atoms with Crippen molar-refractivity contribution in [2.24, 2.45) is 0 Å². The topological polar surface area (TPSA) is 45.1 Å². The molecule has 0 aliphatic heterocycles. The molecule has 0 saturated carbocycles. The normalized spacial score (nSPS) is 20.0. The van der Waals surface area contributed by atoms with Gasteiger partial charge in [-0.25, -0.2) is 0 Å². The standard InChI is InChI=1S/C21H22N2O/c24-21(22-14-12-16-7-2-1-3-8-16)13-6-11-20-18(21)15-17-9-4-5-10-19(17)23-20/h1-5,7-10,15,22,24H,6,11-14H2. The van der Waals surface area contributed by atoms with Crippen LogP contribution in [0.2, 0.25) is 0 Å². The molecule has 3 aromatic rings. The summed E-state index contributed by atoms with van der Waals surface area (Å²) < 4.78 is 0. The lowest BCUT2D eigenvalue weighted by atomic mass is 9.86. The Labute approximate surface area is 142 Å². The van der Waals surface area contributed by atoms with E-state index >= 15 is 0 Å². The van der Waals surface area contributed by atoms with Gasteiger partial charge in [-0.1, -0.05) is 48.5 Å². The Morgan fingerprint density at radius 3 is 2.71 bits per heavy atom. The summed E-state index contributed by atoms with van der Waals surface area (Å²) in [6.45, 7) is 0.743. The molecule has 1 unspecified atom stereocenters. The highest BCUT2D eigenvalue weighted by Crippen LogP contribution is 2.34. The number of para-hydroxylation sites is 1. The van der Waals surface area contributed by atoms with E-state index in [0.717, 1.165) is 54.4 Å². The van der Waals surface area contributed by atoms with Crippen molar-refractivity contribution in [3.05, 3.63) is 77.5 Å². The van der Waals surface area contributed by atoms with Crippen molar-refractivity contribution < 1.29 is 5.11 Å². The number of nitrogens with one attached hydrogen (secondary N) is 1. The average molecular weight is 318 g/mol. The lowest BCUT2D eigenvalue weighted by molar-refractivity contribution is -0.0160. The summed E-state index contributed by atoms with van der Waals surface area (Å²) in [5.74, 6) is 0. The molecule has 0 radical (unpaired) electrons. The summed E-state index contributed by atoms with van der Waals surface area (Å²) in [5, 5.41) is 15.7. The largest absolute Gasteiger partial charge is 0.371 e. The Hall–Kier alpha value is -2.23. The number of aromatic nitrogens is 1. The van der Waals surface area contributed by atoms with E-state index in [4.69, 9.17) is 4.98 Å². The number of aliphatic hydroxyl groups is 1. The molecule has 1 aliphatic carbocycles. The van der Waals surface area contributed by atoms with Gasteiger partial charge in [-0.05, 0) is 43.4 Å². The first kappa shape index (κ1) is 15.3. The van der Waals surface area contributed by atoms with Gasteiger partial charge < -0.3 is 5.11 Å². The van der Waals surface area contributed by atoms with E-state index in [9.17, 15) is 5.11 Å². The van der Waals surface area contributed by atoms with Crippen molar-refractivity contribution in [2.45, 2.75) is 31.4 Å². The second kappa shape index (κ2) is 6.34. The second-order valence-corrected chi connectivity index (χ2v) is 6.55. The Morgan fingerprint density at radius 2 is 1.83 bits per heavy atom. The molecule has 122 valence electrons. The number of aryl methyl sites for hydroxylation is 1. The van der Waals surface area contributed by atoms with Gasteiger partial charge in [0, 0.05) is 23.2 Å². The van der Waals surface area contributed by atoms with Crippen LogP contribution >= 0.6 is 0 Å². The number of rotatable bonds is 4. The summed E-state index contributed by atoms with van der Waals surface area (Å²) in [6.07, 6.45) is 3.52. The minimum absolute atomic E-state index is 0.731. The zero-order valence-electron chi connectivity index (χ0n) is 13.7. The number of fused-ring (bicyclic) bond motifs is 2. The molecule has 3 nitrogen and oxygen atoms in total. The third-order valence-corrected chi connectivity index (χ3v) is 4.87. The van der Waals surface area contributed by atoms with E-state index in [1.54, 1.807) is 0 Å². The maximum absolute atomic E-state index is 11.2. The number of hydrogen-bond donors (Lipinski definition) is 2. The van der Waals surface area contributed by atoms with Gasteiger partial charge in [-0.2, -0.15) is 0 Å². The van der Waals surface area contributed by atoms with Crippen molar-refractivity contribution in [1.29, 1.82) is 0 Å². The molecule has 3 heteroatoms. The predicted molar refractivity (Wildman–Crippen MR) is 96.7 cm³/mol. The van der Waals surface area contributed by atoms with Crippen LogP contribution in [-0.4, -0.2) is 16.6 Å². The minimum Gasteiger partial charge on any atom is -0.371 e. The molecule has 1 aromatic heterocycles. The summed E-state index contributed by atoms with van der Waals surface area (Å²) in [5.41, 5.74) is 3.28. The SMILES string of the molecule is OC1(NCCc2ccccc2)CCCc2nc3ccccc3cc21. The maximum atomic E-state index is 11.2. The summed E-state index contributed by atoms with van der Waals surface area (Å²) in [7, 11) is 0. The Balaban J connectivity index is 1.58. The van der Waals surface area contributed by atoms with Crippen LogP contribution < -0.4 is 5.32 Å². The van der Waals surface area contributed by atoms with Crippen LogP contribution in [0.15, 0.2) is 60.7 Å². The molecule has 4 rings (SSSR count). The van der Waals surface area contributed by atoms with E-state index in [1.165, 1.54) is 5.56 Å². The highest BCUT2D eigenvalue weighted by Gasteiger charge is 2.34. The molecule has 1 atom stereocenters. The molecule has 24 heavy (non-hydrogen) atoms. The fraction of sp³-hybridized carbons (Fsp3) is 0.286. The minimum atomic E-state index is -0.973. The van der Waals surface area contributed by atoms with E-state index in [0.29, 0.717) is 0 Å². The fourth-order valence-corrected chi connectivity index (χ4v) is 3.59. The molecule has 2 aromatic carbocycles. The van der Waals surface area contributed by atoms with Crippen LogP contribution in [0.5, 0.6) is 0 Å². The molecule has 2 N–H and O–H groups in total. The zero-order chi connectivity index (χ0) is 16.4. The monoisotopic (exact) mass is 318 g/mol. The molecular formula is C21H22N2O. The number of hydrogen-bond acceptors (Lipinski definition) is 3. The maximum Gasteiger partial charge on any atom is 0.143 e. The second-order valence-electron chi connectivity index (χ2n) is 6.55. The van der Waals surface area contributed by atoms with Crippen LogP contribution in [0.4, 0.5) is 0 Å². The van der Waals surface area contributed by atoms with Gasteiger partial charge in [0.25, 0.3) is 0 Å². The van der Waals surface area contributed by atoms with E-state index in [2.05, 4.69) is 41.7 Å². The van der Waals surface area contributed by atoms with Crippen LogP contribution in [0.3, 0.4) is 0 Å². The molecule has 0 fully saturated rings. The van der Waals surface area contributed by atoms with Crippen LogP contribution in [0.25, 0.3) is 10.9 Å². The third-order valence-electron chi connectivity index (χ3n) is 4.87. The fourth-order valence-electron chi connectivity index (χ4n) is 3.59. The van der Waals surface area contributed by atoms with Gasteiger partial charge in [0.2, 0.25) is 0 Å². The Morgan fingerprint density at radius 1 is 1.04 bits per heavy atom. The lowest BCUT2D eigenvalue weighted by Crippen LogP contribution is -2.46. The third kappa shape index (κ3) is 2.93. The van der Waals surface area contributed by atoms with Gasteiger partial charge in [0.1, 0.15) is 5.72 Å². The first-order valence-corrected chi connectivity index (χ1v) is 8.65. The van der Waals surface area contributed by atoms with Gasteiger partial charge in [-0.3, -0.25) is 10.3 Å². The van der Waals surface area contributed by atoms with Crippen molar-refractivity contribution in [3.8, 4) is 0 Å². The van der Waals surface area contributed by atoms with E-state index in [1.807, 2.05) is 24.3 Å². The molecule has 1 aliphatic rings. The highest BCUT2D eigenvalue weighted by molar-refractivity contribution is 5.79. The van der Waals surface area contributed by atoms with Gasteiger partial charge >= 0.3 is 0 Å². The number of nitrogens with zero attached hydrogens (tertiary/aromatic N) is 1. The van der Waals surface area contributed by atoms with Gasteiger partial charge in [0.05, 0.1) is 5.52 Å². The van der Waals surface area contributed by atoms with Crippen molar-refractivity contribution in [1.82, 2.24) is 10.3 Å². The Bertz CT molecular complexity index is 847. The molecule has 0 saturated heterocycles. The zero-order valence-corrected chi connectivity index (χ0v) is 13.7. The van der Waals surface area contributed by atoms with Crippen LogP contribution in [-0.2, 0) is 18.6 Å². The van der Waals surface area contributed by atoms with E-state index < -0.39 is 5.72 Å². The summed E-state index contributed by atoms with van der Waals surface area (Å²) in [6, 6.07) is 20.6. The summed E-state index contributed by atoms with van der Waals surface area (Å²) >= 11 is 0. The molecule has 0 amide bonds.